The third-order valence-corrected chi connectivity index (χ3v) is 4.42. The highest BCUT2D eigenvalue weighted by Gasteiger charge is 2.11. The van der Waals surface area contributed by atoms with E-state index in [-0.39, 0.29) is 5.91 Å². The van der Waals surface area contributed by atoms with E-state index in [1.54, 1.807) is 43.8 Å². The predicted octanol–water partition coefficient (Wildman–Crippen LogP) is 2.75. The zero-order valence-corrected chi connectivity index (χ0v) is 14.0. The van der Waals surface area contributed by atoms with Crippen LogP contribution in [0.1, 0.15) is 25.9 Å². The van der Waals surface area contributed by atoms with Gasteiger partial charge in [0, 0.05) is 23.4 Å². The first kappa shape index (κ1) is 16.3. The SMILES string of the molecule is COc1ccc(C(=O)NCCc2sc(C)nc2C)cc1OC. The lowest BCUT2D eigenvalue weighted by molar-refractivity contribution is 0.0953. The lowest BCUT2D eigenvalue weighted by Gasteiger charge is -2.10. The molecule has 0 atom stereocenters. The van der Waals surface area contributed by atoms with Crippen molar-refractivity contribution in [1.29, 1.82) is 0 Å². The Bertz CT molecular complexity index is 667. The van der Waals surface area contributed by atoms with Crippen molar-refractivity contribution in [3.8, 4) is 11.5 Å². The van der Waals surface area contributed by atoms with Gasteiger partial charge in [-0.1, -0.05) is 0 Å². The molecule has 118 valence electrons. The standard InChI is InChI=1S/C16H20N2O3S/c1-10-15(22-11(2)18-10)7-8-17-16(19)12-5-6-13(20-3)14(9-12)21-4/h5-6,9H,7-8H2,1-4H3,(H,17,19). The Morgan fingerprint density at radius 1 is 1.23 bits per heavy atom. The first-order valence-corrected chi connectivity index (χ1v) is 7.80. The predicted molar refractivity (Wildman–Crippen MR) is 87.2 cm³/mol. The van der Waals surface area contributed by atoms with Crippen LogP contribution in [-0.2, 0) is 6.42 Å². The molecule has 1 aromatic carbocycles. The van der Waals surface area contributed by atoms with Gasteiger partial charge in [-0.25, -0.2) is 4.98 Å². The molecular formula is C16H20N2O3S. The maximum atomic E-state index is 12.2. The van der Waals surface area contributed by atoms with Gasteiger partial charge in [-0.15, -0.1) is 11.3 Å². The average molecular weight is 320 g/mol. The van der Waals surface area contributed by atoms with E-state index in [1.807, 2.05) is 13.8 Å². The van der Waals surface area contributed by atoms with E-state index in [0.29, 0.717) is 23.6 Å². The first-order valence-electron chi connectivity index (χ1n) is 6.98. The zero-order valence-electron chi connectivity index (χ0n) is 13.2. The van der Waals surface area contributed by atoms with Crippen LogP contribution in [0, 0.1) is 13.8 Å². The lowest BCUT2D eigenvalue weighted by Crippen LogP contribution is -2.25. The molecule has 22 heavy (non-hydrogen) atoms. The van der Waals surface area contributed by atoms with Gasteiger partial charge in [0.1, 0.15) is 0 Å². The molecule has 0 aliphatic carbocycles. The number of amides is 1. The summed E-state index contributed by atoms with van der Waals surface area (Å²) in [5.74, 6) is 1.03. The second-order valence-corrected chi connectivity index (χ2v) is 6.10. The topological polar surface area (TPSA) is 60.5 Å². The Kier molecular flexibility index (Phi) is 5.38. The Balaban J connectivity index is 1.96. The fraction of sp³-hybridized carbons (Fsp3) is 0.375. The summed E-state index contributed by atoms with van der Waals surface area (Å²) in [6.07, 6.45) is 0.788. The molecule has 1 N–H and O–H groups in total. The summed E-state index contributed by atoms with van der Waals surface area (Å²) in [6.45, 7) is 4.56. The molecule has 0 unspecified atom stereocenters. The van der Waals surface area contributed by atoms with Gasteiger partial charge >= 0.3 is 0 Å². The molecule has 0 fully saturated rings. The van der Waals surface area contributed by atoms with Crippen molar-refractivity contribution >= 4 is 17.2 Å². The molecule has 2 rings (SSSR count). The van der Waals surface area contributed by atoms with Crippen LogP contribution in [0.5, 0.6) is 11.5 Å². The van der Waals surface area contributed by atoms with Crippen LogP contribution in [0.4, 0.5) is 0 Å². The average Bonchev–Trinajstić information content (AvgIpc) is 2.84. The van der Waals surface area contributed by atoms with E-state index >= 15 is 0 Å². The van der Waals surface area contributed by atoms with Gasteiger partial charge in [-0.05, 0) is 32.0 Å². The molecule has 0 radical (unpaired) electrons. The van der Waals surface area contributed by atoms with Gasteiger partial charge in [-0.3, -0.25) is 4.79 Å². The number of aromatic nitrogens is 1. The molecule has 1 amide bonds. The van der Waals surface area contributed by atoms with Crippen LogP contribution in [-0.4, -0.2) is 31.7 Å². The van der Waals surface area contributed by atoms with Crippen LogP contribution in [0.25, 0.3) is 0 Å². The number of methoxy groups -OCH3 is 2. The second kappa shape index (κ2) is 7.26. The van der Waals surface area contributed by atoms with Crippen LogP contribution >= 0.6 is 11.3 Å². The van der Waals surface area contributed by atoms with Crippen molar-refractivity contribution in [1.82, 2.24) is 10.3 Å². The Morgan fingerprint density at radius 2 is 1.95 bits per heavy atom. The Labute approximate surface area is 134 Å². The van der Waals surface area contributed by atoms with E-state index in [0.717, 1.165) is 17.1 Å². The minimum atomic E-state index is -0.125. The van der Waals surface area contributed by atoms with Gasteiger partial charge in [-0.2, -0.15) is 0 Å². The highest BCUT2D eigenvalue weighted by Crippen LogP contribution is 2.27. The fourth-order valence-electron chi connectivity index (χ4n) is 2.17. The maximum absolute atomic E-state index is 12.2. The lowest BCUT2D eigenvalue weighted by atomic mass is 10.2. The molecule has 0 saturated carbocycles. The molecule has 1 heterocycles. The largest absolute Gasteiger partial charge is 0.493 e. The summed E-state index contributed by atoms with van der Waals surface area (Å²) in [7, 11) is 3.12. The number of carbonyl (C=O) groups is 1. The summed E-state index contributed by atoms with van der Waals surface area (Å²) in [6, 6.07) is 5.12. The van der Waals surface area contributed by atoms with Crippen molar-refractivity contribution in [2.45, 2.75) is 20.3 Å². The number of hydrogen-bond donors (Lipinski definition) is 1. The molecule has 6 heteroatoms. The fourth-order valence-corrected chi connectivity index (χ4v) is 3.11. The van der Waals surface area contributed by atoms with E-state index in [2.05, 4.69) is 10.3 Å². The summed E-state index contributed by atoms with van der Waals surface area (Å²) < 4.78 is 10.4. The molecule has 1 aromatic heterocycles. The van der Waals surface area contributed by atoms with E-state index in [1.165, 1.54) is 4.88 Å². The Morgan fingerprint density at radius 3 is 2.55 bits per heavy atom. The van der Waals surface area contributed by atoms with Crippen molar-refractivity contribution in [3.05, 3.63) is 39.3 Å². The van der Waals surface area contributed by atoms with Crippen molar-refractivity contribution in [2.75, 3.05) is 20.8 Å². The number of nitrogens with zero attached hydrogens (tertiary/aromatic N) is 1. The number of ether oxygens (including phenoxy) is 2. The minimum Gasteiger partial charge on any atom is -0.493 e. The summed E-state index contributed by atoms with van der Waals surface area (Å²) in [4.78, 5) is 17.8. The second-order valence-electron chi connectivity index (χ2n) is 4.82. The zero-order chi connectivity index (χ0) is 16.1. The van der Waals surface area contributed by atoms with Crippen LogP contribution < -0.4 is 14.8 Å². The normalized spacial score (nSPS) is 10.4. The van der Waals surface area contributed by atoms with Crippen LogP contribution in [0.3, 0.4) is 0 Å². The monoisotopic (exact) mass is 320 g/mol. The van der Waals surface area contributed by atoms with E-state index in [9.17, 15) is 4.79 Å². The maximum Gasteiger partial charge on any atom is 0.251 e. The van der Waals surface area contributed by atoms with E-state index < -0.39 is 0 Å². The van der Waals surface area contributed by atoms with Crippen LogP contribution in [0.2, 0.25) is 0 Å². The molecule has 0 spiro atoms. The number of carbonyl (C=O) groups excluding carboxylic acids is 1. The third kappa shape index (κ3) is 3.76. The highest BCUT2D eigenvalue weighted by molar-refractivity contribution is 7.11. The molecular weight excluding hydrogens is 300 g/mol. The smallest absolute Gasteiger partial charge is 0.251 e. The third-order valence-electron chi connectivity index (χ3n) is 3.28. The molecule has 0 bridgehead atoms. The number of rotatable bonds is 6. The molecule has 0 saturated heterocycles. The van der Waals surface area contributed by atoms with Gasteiger partial charge in [0.15, 0.2) is 11.5 Å². The summed E-state index contributed by atoms with van der Waals surface area (Å²) in [5, 5.41) is 3.97. The van der Waals surface area contributed by atoms with Crippen molar-refractivity contribution < 1.29 is 14.3 Å². The molecule has 0 aliphatic heterocycles. The van der Waals surface area contributed by atoms with Crippen LogP contribution in [0.15, 0.2) is 18.2 Å². The van der Waals surface area contributed by atoms with Crippen molar-refractivity contribution in [3.63, 3.8) is 0 Å². The molecule has 0 aliphatic rings. The molecule has 2 aromatic rings. The first-order chi connectivity index (χ1) is 10.5. The van der Waals surface area contributed by atoms with Gasteiger partial charge in [0.25, 0.3) is 5.91 Å². The van der Waals surface area contributed by atoms with Gasteiger partial charge < -0.3 is 14.8 Å². The summed E-state index contributed by atoms with van der Waals surface area (Å²) >= 11 is 1.67. The van der Waals surface area contributed by atoms with Crippen molar-refractivity contribution in [2.24, 2.45) is 0 Å². The van der Waals surface area contributed by atoms with E-state index in [4.69, 9.17) is 9.47 Å². The Hall–Kier alpha value is -2.08. The number of benzene rings is 1. The number of hydrogen-bond acceptors (Lipinski definition) is 5. The van der Waals surface area contributed by atoms with Gasteiger partial charge in [0.2, 0.25) is 0 Å². The minimum absolute atomic E-state index is 0.125. The number of aryl methyl sites for hydroxylation is 2. The quantitative estimate of drug-likeness (QED) is 0.889. The van der Waals surface area contributed by atoms with Gasteiger partial charge in [0.05, 0.1) is 24.9 Å². The highest BCUT2D eigenvalue weighted by atomic mass is 32.1. The number of thiazole rings is 1. The summed E-state index contributed by atoms with van der Waals surface area (Å²) in [5.41, 5.74) is 1.60. The molecule has 5 nitrogen and oxygen atoms in total. The number of nitrogens with one attached hydrogen (secondary N) is 1.